The van der Waals surface area contributed by atoms with E-state index in [4.69, 9.17) is 0 Å². The summed E-state index contributed by atoms with van der Waals surface area (Å²) in [6.07, 6.45) is 6.74. The Balaban J connectivity index is 2.01. The normalized spacial score (nSPS) is 41.3. The highest BCUT2D eigenvalue weighted by Crippen LogP contribution is 2.57. The van der Waals surface area contributed by atoms with Crippen LogP contribution in [0.2, 0.25) is 0 Å². The molecular weight excluding hydrogens is 186 g/mol. The molecule has 2 aliphatic carbocycles. The van der Waals surface area contributed by atoms with Crippen molar-refractivity contribution in [3.63, 3.8) is 0 Å². The molecule has 1 N–H and O–H groups in total. The molecule has 2 nitrogen and oxygen atoms in total. The van der Waals surface area contributed by atoms with Gasteiger partial charge in [0.05, 0.1) is 0 Å². The van der Waals surface area contributed by atoms with Crippen LogP contribution in [0, 0.1) is 23.2 Å². The minimum absolute atomic E-state index is 0.206. The molecule has 86 valence electrons. The molecule has 1 amide bonds. The van der Waals surface area contributed by atoms with Gasteiger partial charge in [0.15, 0.2) is 0 Å². The summed E-state index contributed by atoms with van der Waals surface area (Å²) in [6.45, 7) is 4.52. The Morgan fingerprint density at radius 1 is 1.53 bits per heavy atom. The lowest BCUT2D eigenvalue weighted by molar-refractivity contribution is -0.125. The van der Waals surface area contributed by atoms with Crippen LogP contribution in [0.1, 0.15) is 46.0 Å². The highest BCUT2D eigenvalue weighted by atomic mass is 16.1. The maximum atomic E-state index is 11.6. The van der Waals surface area contributed by atoms with Crippen LogP contribution in [-0.2, 0) is 4.79 Å². The number of carbonyl (C=O) groups excluding carboxylic acids is 1. The maximum Gasteiger partial charge on any atom is 0.222 e. The Morgan fingerprint density at radius 2 is 2.27 bits per heavy atom. The van der Waals surface area contributed by atoms with Gasteiger partial charge in [-0.1, -0.05) is 20.3 Å². The van der Waals surface area contributed by atoms with Gasteiger partial charge in [-0.05, 0) is 42.9 Å². The van der Waals surface area contributed by atoms with E-state index in [0.717, 1.165) is 5.92 Å². The zero-order valence-corrected chi connectivity index (χ0v) is 10.2. The highest BCUT2D eigenvalue weighted by molar-refractivity contribution is 5.78. The van der Waals surface area contributed by atoms with Crippen LogP contribution in [0.25, 0.3) is 0 Å². The van der Waals surface area contributed by atoms with E-state index in [-0.39, 0.29) is 11.8 Å². The monoisotopic (exact) mass is 209 g/mol. The van der Waals surface area contributed by atoms with Crippen molar-refractivity contribution in [2.45, 2.75) is 46.0 Å². The first-order valence-corrected chi connectivity index (χ1v) is 6.28. The van der Waals surface area contributed by atoms with Crippen molar-refractivity contribution in [3.8, 4) is 0 Å². The van der Waals surface area contributed by atoms with Crippen molar-refractivity contribution in [3.05, 3.63) is 0 Å². The molecule has 0 aliphatic heterocycles. The average Bonchev–Trinajstić information content (AvgIpc) is 2.70. The lowest BCUT2D eigenvalue weighted by atomic mass is 9.81. The van der Waals surface area contributed by atoms with Gasteiger partial charge in [0, 0.05) is 13.0 Å². The van der Waals surface area contributed by atoms with E-state index in [9.17, 15) is 4.79 Å². The summed E-state index contributed by atoms with van der Waals surface area (Å²) in [7, 11) is 1.75. The summed E-state index contributed by atoms with van der Waals surface area (Å²) in [5, 5.41) is 2.78. The number of amides is 1. The topological polar surface area (TPSA) is 29.1 Å². The van der Waals surface area contributed by atoms with E-state index in [2.05, 4.69) is 19.2 Å². The standard InChI is InChI=1S/C13H23NO/c1-9(12(15)14-3)10-7-11-5-4-6-13(11,2)8-10/h9-11H,4-8H2,1-3H3,(H,14,15)/t9-,10+,11?,13-/m0/s1. The van der Waals surface area contributed by atoms with Gasteiger partial charge in [-0.2, -0.15) is 0 Å². The zero-order valence-electron chi connectivity index (χ0n) is 10.2. The number of hydrogen-bond donors (Lipinski definition) is 1. The molecule has 1 unspecified atom stereocenters. The largest absolute Gasteiger partial charge is 0.359 e. The van der Waals surface area contributed by atoms with Gasteiger partial charge in [0.1, 0.15) is 0 Å². The molecular formula is C13H23NO. The lowest BCUT2D eigenvalue weighted by Crippen LogP contribution is -2.30. The molecule has 2 rings (SSSR count). The zero-order chi connectivity index (χ0) is 11.1. The average molecular weight is 209 g/mol. The lowest BCUT2D eigenvalue weighted by Gasteiger charge is -2.24. The molecule has 2 heteroatoms. The van der Waals surface area contributed by atoms with Crippen molar-refractivity contribution < 1.29 is 4.79 Å². The highest BCUT2D eigenvalue weighted by Gasteiger charge is 2.48. The summed E-state index contributed by atoms with van der Waals surface area (Å²) in [5.74, 6) is 1.95. The smallest absolute Gasteiger partial charge is 0.222 e. The molecule has 15 heavy (non-hydrogen) atoms. The summed E-state index contributed by atoms with van der Waals surface area (Å²) < 4.78 is 0. The molecule has 0 aromatic carbocycles. The van der Waals surface area contributed by atoms with E-state index >= 15 is 0 Å². The molecule has 2 fully saturated rings. The van der Waals surface area contributed by atoms with Crippen LogP contribution < -0.4 is 5.32 Å². The van der Waals surface area contributed by atoms with Crippen molar-refractivity contribution in [1.29, 1.82) is 0 Å². The second-order valence-electron chi connectivity index (χ2n) is 5.85. The Hall–Kier alpha value is -0.530. The third-order valence-electron chi connectivity index (χ3n) is 4.97. The van der Waals surface area contributed by atoms with Crippen molar-refractivity contribution in [2.75, 3.05) is 7.05 Å². The SMILES string of the molecule is CNC(=O)[C@@H](C)[C@@H]1CC2CCC[C@@]2(C)C1. The van der Waals surface area contributed by atoms with Gasteiger partial charge in [-0.25, -0.2) is 0 Å². The van der Waals surface area contributed by atoms with Gasteiger partial charge in [-0.3, -0.25) is 4.79 Å². The molecule has 0 spiro atoms. The molecule has 2 aliphatic rings. The van der Waals surface area contributed by atoms with Crippen LogP contribution >= 0.6 is 0 Å². The van der Waals surface area contributed by atoms with Crippen LogP contribution in [0.4, 0.5) is 0 Å². The molecule has 0 bridgehead atoms. The molecule has 0 radical (unpaired) electrons. The van der Waals surface area contributed by atoms with E-state index < -0.39 is 0 Å². The van der Waals surface area contributed by atoms with E-state index in [1.54, 1.807) is 7.05 Å². The van der Waals surface area contributed by atoms with Crippen molar-refractivity contribution in [1.82, 2.24) is 5.32 Å². The quantitative estimate of drug-likeness (QED) is 0.744. The number of nitrogens with one attached hydrogen (secondary N) is 1. The maximum absolute atomic E-state index is 11.6. The number of hydrogen-bond acceptors (Lipinski definition) is 1. The second kappa shape index (κ2) is 3.80. The summed E-state index contributed by atoms with van der Waals surface area (Å²) in [6, 6.07) is 0. The van der Waals surface area contributed by atoms with Crippen molar-refractivity contribution >= 4 is 5.91 Å². The van der Waals surface area contributed by atoms with Gasteiger partial charge < -0.3 is 5.32 Å². The fraction of sp³-hybridized carbons (Fsp3) is 0.923. The number of rotatable bonds is 2. The van der Waals surface area contributed by atoms with Gasteiger partial charge in [0.2, 0.25) is 5.91 Å². The third kappa shape index (κ3) is 1.79. The fourth-order valence-electron chi connectivity index (χ4n) is 3.85. The Morgan fingerprint density at radius 3 is 2.87 bits per heavy atom. The minimum Gasteiger partial charge on any atom is -0.359 e. The molecule has 0 aromatic rings. The van der Waals surface area contributed by atoms with Crippen LogP contribution in [0.3, 0.4) is 0 Å². The third-order valence-corrected chi connectivity index (χ3v) is 4.97. The van der Waals surface area contributed by atoms with E-state index in [1.807, 2.05) is 0 Å². The predicted molar refractivity (Wildman–Crippen MR) is 61.4 cm³/mol. The molecule has 0 aromatic heterocycles. The first kappa shape index (κ1) is 11.0. The first-order chi connectivity index (χ1) is 7.07. The van der Waals surface area contributed by atoms with Gasteiger partial charge in [-0.15, -0.1) is 0 Å². The second-order valence-corrected chi connectivity index (χ2v) is 5.85. The van der Waals surface area contributed by atoms with Gasteiger partial charge in [0.25, 0.3) is 0 Å². The molecule has 2 saturated carbocycles. The first-order valence-electron chi connectivity index (χ1n) is 6.28. The van der Waals surface area contributed by atoms with Crippen LogP contribution in [0.15, 0.2) is 0 Å². The molecule has 0 heterocycles. The summed E-state index contributed by atoms with van der Waals surface area (Å²) in [4.78, 5) is 11.6. The van der Waals surface area contributed by atoms with Gasteiger partial charge >= 0.3 is 0 Å². The van der Waals surface area contributed by atoms with E-state index in [0.29, 0.717) is 11.3 Å². The van der Waals surface area contributed by atoms with Crippen LogP contribution in [-0.4, -0.2) is 13.0 Å². The van der Waals surface area contributed by atoms with E-state index in [1.165, 1.54) is 32.1 Å². The summed E-state index contributed by atoms with van der Waals surface area (Å²) >= 11 is 0. The van der Waals surface area contributed by atoms with Crippen molar-refractivity contribution in [2.24, 2.45) is 23.2 Å². The molecule has 0 saturated heterocycles. The number of carbonyl (C=O) groups is 1. The fourth-order valence-corrected chi connectivity index (χ4v) is 3.85. The summed E-state index contributed by atoms with van der Waals surface area (Å²) in [5.41, 5.74) is 0.562. The Labute approximate surface area is 92.8 Å². The van der Waals surface area contributed by atoms with Crippen LogP contribution in [0.5, 0.6) is 0 Å². The predicted octanol–water partition coefficient (Wildman–Crippen LogP) is 2.58. The Bertz CT molecular complexity index is 263. The minimum atomic E-state index is 0.206. The Kier molecular flexibility index (Phi) is 2.78. The molecule has 4 atom stereocenters. The number of fused-ring (bicyclic) bond motifs is 1.